The van der Waals surface area contributed by atoms with E-state index in [9.17, 15) is 14.0 Å². The van der Waals surface area contributed by atoms with Gasteiger partial charge in [0.25, 0.3) is 0 Å². The molecule has 0 aliphatic carbocycles. The molecular weight excluding hydrogens is 279 g/mol. The number of methoxy groups -OCH3 is 1. The fourth-order valence-corrected chi connectivity index (χ4v) is 1.51. The van der Waals surface area contributed by atoms with Gasteiger partial charge in [0, 0.05) is 12.0 Å². The predicted molar refractivity (Wildman–Crippen MR) is 59.7 cm³/mol. The summed E-state index contributed by atoms with van der Waals surface area (Å²) in [5.74, 6) is -1.08. The van der Waals surface area contributed by atoms with E-state index in [1.165, 1.54) is 25.3 Å². The molecular formula is C11H10BrFO3. The van der Waals surface area contributed by atoms with E-state index in [0.717, 1.165) is 0 Å². The highest BCUT2D eigenvalue weighted by Crippen LogP contribution is 2.18. The molecule has 0 saturated heterocycles. The van der Waals surface area contributed by atoms with E-state index in [-0.39, 0.29) is 23.1 Å². The maximum Gasteiger partial charge on any atom is 0.305 e. The Hall–Kier alpha value is -1.23. The van der Waals surface area contributed by atoms with E-state index < -0.39 is 11.8 Å². The third-order valence-electron chi connectivity index (χ3n) is 2.03. The highest BCUT2D eigenvalue weighted by molar-refractivity contribution is 9.10. The average molecular weight is 289 g/mol. The summed E-state index contributed by atoms with van der Waals surface area (Å²) in [7, 11) is 1.27. The molecule has 0 saturated carbocycles. The lowest BCUT2D eigenvalue weighted by molar-refractivity contribution is -0.140. The average Bonchev–Trinajstić information content (AvgIpc) is 2.29. The Balaban J connectivity index is 2.66. The fourth-order valence-electron chi connectivity index (χ4n) is 1.13. The van der Waals surface area contributed by atoms with Crippen molar-refractivity contribution in [1.82, 2.24) is 0 Å². The molecule has 0 aromatic heterocycles. The van der Waals surface area contributed by atoms with Gasteiger partial charge in [0.2, 0.25) is 0 Å². The quantitative estimate of drug-likeness (QED) is 0.632. The summed E-state index contributed by atoms with van der Waals surface area (Å²) in [6, 6.07) is 3.99. The number of ether oxygens (including phenoxy) is 1. The van der Waals surface area contributed by atoms with Crippen molar-refractivity contribution in [3.63, 3.8) is 0 Å². The van der Waals surface area contributed by atoms with Gasteiger partial charge in [-0.15, -0.1) is 0 Å². The first-order valence-electron chi connectivity index (χ1n) is 4.59. The molecule has 0 spiro atoms. The van der Waals surface area contributed by atoms with E-state index in [1.807, 2.05) is 0 Å². The molecule has 0 N–H and O–H groups in total. The third kappa shape index (κ3) is 3.41. The van der Waals surface area contributed by atoms with E-state index >= 15 is 0 Å². The summed E-state index contributed by atoms with van der Waals surface area (Å²) in [6.07, 6.45) is 0.0923. The molecule has 16 heavy (non-hydrogen) atoms. The predicted octanol–water partition coefficient (Wildman–Crippen LogP) is 2.72. The van der Waals surface area contributed by atoms with Crippen LogP contribution in [0.25, 0.3) is 0 Å². The topological polar surface area (TPSA) is 43.4 Å². The van der Waals surface area contributed by atoms with Crippen LogP contribution in [0.3, 0.4) is 0 Å². The van der Waals surface area contributed by atoms with Crippen molar-refractivity contribution in [1.29, 1.82) is 0 Å². The lowest BCUT2D eigenvalue weighted by Crippen LogP contribution is -2.06. The van der Waals surface area contributed by atoms with Crippen LogP contribution in [0.2, 0.25) is 0 Å². The molecule has 5 heteroatoms. The molecule has 0 amide bonds. The minimum absolute atomic E-state index is 0.0321. The molecule has 0 radical (unpaired) electrons. The van der Waals surface area contributed by atoms with Crippen LogP contribution in [-0.4, -0.2) is 18.9 Å². The van der Waals surface area contributed by atoms with Crippen molar-refractivity contribution < 1.29 is 18.7 Å². The summed E-state index contributed by atoms with van der Waals surface area (Å²) in [4.78, 5) is 22.4. The number of ketones is 1. The summed E-state index contributed by atoms with van der Waals surface area (Å²) in [5, 5.41) is 0. The monoisotopic (exact) mass is 288 g/mol. The molecule has 0 atom stereocenters. The van der Waals surface area contributed by atoms with Crippen molar-refractivity contribution in [2.24, 2.45) is 0 Å². The fraction of sp³-hybridized carbons (Fsp3) is 0.273. The van der Waals surface area contributed by atoms with E-state index in [2.05, 4.69) is 20.7 Å². The second kappa shape index (κ2) is 5.75. The number of halogens is 2. The zero-order valence-electron chi connectivity index (χ0n) is 8.63. The van der Waals surface area contributed by atoms with Gasteiger partial charge >= 0.3 is 5.97 Å². The maximum absolute atomic E-state index is 12.9. The van der Waals surface area contributed by atoms with Crippen LogP contribution >= 0.6 is 15.9 Å². The smallest absolute Gasteiger partial charge is 0.305 e. The number of hydrogen-bond acceptors (Lipinski definition) is 3. The number of carbonyl (C=O) groups is 2. The van der Waals surface area contributed by atoms with Gasteiger partial charge in [0.1, 0.15) is 5.82 Å². The van der Waals surface area contributed by atoms with Gasteiger partial charge in [-0.1, -0.05) is 0 Å². The number of esters is 1. The van der Waals surface area contributed by atoms with E-state index in [1.54, 1.807) is 0 Å². The van der Waals surface area contributed by atoms with Gasteiger partial charge in [0.05, 0.1) is 18.0 Å². The summed E-state index contributed by atoms with van der Waals surface area (Å²) in [6.45, 7) is 0. The molecule has 1 aromatic carbocycles. The van der Waals surface area contributed by atoms with E-state index in [4.69, 9.17) is 0 Å². The van der Waals surface area contributed by atoms with Gasteiger partial charge in [-0.2, -0.15) is 0 Å². The number of benzene rings is 1. The van der Waals surface area contributed by atoms with Crippen LogP contribution in [0, 0.1) is 5.82 Å². The molecule has 3 nitrogen and oxygen atoms in total. The molecule has 0 aliphatic heterocycles. The largest absolute Gasteiger partial charge is 0.469 e. The van der Waals surface area contributed by atoms with Crippen LogP contribution < -0.4 is 0 Å². The highest BCUT2D eigenvalue weighted by Gasteiger charge is 2.11. The molecule has 0 heterocycles. The Bertz CT molecular complexity index is 418. The Morgan fingerprint density at radius 3 is 2.62 bits per heavy atom. The molecule has 1 aromatic rings. The second-order valence-corrected chi connectivity index (χ2v) is 3.98. The van der Waals surface area contributed by atoms with Crippen LogP contribution in [0.15, 0.2) is 22.7 Å². The van der Waals surface area contributed by atoms with Crippen LogP contribution in [-0.2, 0) is 9.53 Å². The van der Waals surface area contributed by atoms with Crippen molar-refractivity contribution in [3.05, 3.63) is 34.1 Å². The number of Topliss-reactive ketones (excluding diaryl/α,β-unsaturated/α-hetero) is 1. The highest BCUT2D eigenvalue weighted by atomic mass is 79.9. The third-order valence-corrected chi connectivity index (χ3v) is 2.63. The summed E-state index contributed by atoms with van der Waals surface area (Å²) < 4.78 is 17.6. The molecule has 1 rings (SSSR count). The zero-order chi connectivity index (χ0) is 12.1. The van der Waals surface area contributed by atoms with E-state index in [0.29, 0.717) is 5.56 Å². The van der Waals surface area contributed by atoms with Crippen LogP contribution in [0.1, 0.15) is 23.2 Å². The minimum atomic E-state index is -0.436. The van der Waals surface area contributed by atoms with Crippen LogP contribution in [0.4, 0.5) is 4.39 Å². The Morgan fingerprint density at radius 2 is 2.06 bits per heavy atom. The molecule has 0 unspecified atom stereocenters. The first-order chi connectivity index (χ1) is 7.54. The maximum atomic E-state index is 12.9. The van der Waals surface area contributed by atoms with Gasteiger partial charge in [-0.3, -0.25) is 9.59 Å². The zero-order valence-corrected chi connectivity index (χ0v) is 10.2. The normalized spacial score (nSPS) is 9.94. The van der Waals surface area contributed by atoms with Crippen molar-refractivity contribution in [2.75, 3.05) is 7.11 Å². The Morgan fingerprint density at radius 1 is 1.38 bits per heavy atom. The SMILES string of the molecule is COC(=O)CCC(=O)c1ccc(F)c(Br)c1. The summed E-state index contributed by atoms with van der Waals surface area (Å²) >= 11 is 2.99. The number of rotatable bonds is 4. The van der Waals surface area contributed by atoms with Gasteiger partial charge in [0.15, 0.2) is 5.78 Å². The molecule has 0 bridgehead atoms. The lowest BCUT2D eigenvalue weighted by atomic mass is 10.1. The molecule has 86 valence electrons. The number of hydrogen-bond donors (Lipinski definition) is 0. The molecule has 0 fully saturated rings. The number of carbonyl (C=O) groups excluding carboxylic acids is 2. The van der Waals surface area contributed by atoms with Gasteiger partial charge in [-0.25, -0.2) is 4.39 Å². The standard InChI is InChI=1S/C11H10BrFO3/c1-16-11(15)5-4-10(14)7-2-3-9(13)8(12)6-7/h2-3,6H,4-5H2,1H3. The lowest BCUT2D eigenvalue weighted by Gasteiger charge is -2.01. The van der Waals surface area contributed by atoms with Gasteiger partial charge in [-0.05, 0) is 34.1 Å². The minimum Gasteiger partial charge on any atom is -0.469 e. The summed E-state index contributed by atoms with van der Waals surface area (Å²) in [5.41, 5.74) is 0.372. The van der Waals surface area contributed by atoms with Crippen molar-refractivity contribution >= 4 is 27.7 Å². The second-order valence-electron chi connectivity index (χ2n) is 3.13. The van der Waals surface area contributed by atoms with Crippen LogP contribution in [0.5, 0.6) is 0 Å². The van der Waals surface area contributed by atoms with Crippen molar-refractivity contribution in [3.8, 4) is 0 Å². The first kappa shape index (κ1) is 12.8. The van der Waals surface area contributed by atoms with Crippen molar-refractivity contribution in [2.45, 2.75) is 12.8 Å². The Labute approximate surface area is 101 Å². The first-order valence-corrected chi connectivity index (χ1v) is 5.39. The van der Waals surface area contributed by atoms with Gasteiger partial charge < -0.3 is 4.74 Å². The Kier molecular flexibility index (Phi) is 4.61. The molecule has 0 aliphatic rings.